The molecule has 0 aliphatic carbocycles. The van der Waals surface area contributed by atoms with E-state index in [4.69, 9.17) is 0 Å². The van der Waals surface area contributed by atoms with Crippen LogP contribution in [0.15, 0.2) is 53.3 Å². The van der Waals surface area contributed by atoms with Crippen LogP contribution < -0.4 is 9.46 Å². The van der Waals surface area contributed by atoms with Crippen molar-refractivity contribution in [3.8, 4) is 16.2 Å². The summed E-state index contributed by atoms with van der Waals surface area (Å²) >= 11 is 1.34. The predicted octanol–water partition coefficient (Wildman–Crippen LogP) is 4.21. The lowest BCUT2D eigenvalue weighted by molar-refractivity contribution is -0.275. The van der Waals surface area contributed by atoms with Crippen molar-refractivity contribution in [3.05, 3.63) is 53.9 Å². The molecule has 142 valence electrons. The number of benzene rings is 1. The van der Waals surface area contributed by atoms with Crippen molar-refractivity contribution >= 4 is 27.0 Å². The molecule has 0 spiro atoms. The van der Waals surface area contributed by atoms with Crippen molar-refractivity contribution in [1.82, 2.24) is 9.97 Å². The van der Waals surface area contributed by atoms with Crippen LogP contribution in [0.5, 0.6) is 5.75 Å². The minimum Gasteiger partial charge on any atom is -0.404 e. The van der Waals surface area contributed by atoms with Gasteiger partial charge in [-0.05, 0) is 30.7 Å². The topological polar surface area (TPSA) is 81.2 Å². The maximum atomic E-state index is 12.7. The van der Waals surface area contributed by atoms with Gasteiger partial charge in [0.05, 0.1) is 22.3 Å². The first-order valence-corrected chi connectivity index (χ1v) is 9.73. The summed E-state index contributed by atoms with van der Waals surface area (Å²) in [5, 5.41) is 0. The molecule has 2 heterocycles. The van der Waals surface area contributed by atoms with Crippen LogP contribution in [0.1, 0.15) is 5.56 Å². The lowest BCUT2D eigenvalue weighted by Crippen LogP contribution is -2.21. The molecular weight excluding hydrogens is 403 g/mol. The third-order valence-corrected chi connectivity index (χ3v) is 5.55. The number of hydrogen-bond acceptors (Lipinski definition) is 6. The van der Waals surface area contributed by atoms with Gasteiger partial charge in [0.15, 0.2) is 0 Å². The molecule has 6 nitrogen and oxygen atoms in total. The molecule has 0 fully saturated rings. The molecule has 0 saturated heterocycles. The highest BCUT2D eigenvalue weighted by Crippen LogP contribution is 2.32. The van der Waals surface area contributed by atoms with E-state index in [-0.39, 0.29) is 5.69 Å². The molecule has 0 amide bonds. The van der Waals surface area contributed by atoms with E-state index in [1.165, 1.54) is 35.9 Å². The van der Waals surface area contributed by atoms with Gasteiger partial charge in [0.1, 0.15) is 10.6 Å². The number of nitrogens with zero attached hydrogens (tertiary/aromatic N) is 2. The van der Waals surface area contributed by atoms with Gasteiger partial charge in [0.2, 0.25) is 0 Å². The van der Waals surface area contributed by atoms with Gasteiger partial charge in [-0.1, -0.05) is 6.07 Å². The number of hydrogen-bond donors (Lipinski definition) is 1. The lowest BCUT2D eigenvalue weighted by Gasteiger charge is -2.15. The number of rotatable bonds is 5. The van der Waals surface area contributed by atoms with Gasteiger partial charge in [-0.3, -0.25) is 14.7 Å². The van der Waals surface area contributed by atoms with Gasteiger partial charge in [-0.25, -0.2) is 8.42 Å². The molecule has 0 atom stereocenters. The molecule has 3 rings (SSSR count). The number of ether oxygens (including phenoxy) is 1. The summed E-state index contributed by atoms with van der Waals surface area (Å²) in [6, 6.07) is 4.90. The Balaban J connectivity index is 1.96. The van der Waals surface area contributed by atoms with E-state index in [0.29, 0.717) is 11.1 Å². The maximum absolute atomic E-state index is 12.7. The Kier molecular flexibility index (Phi) is 5.07. The second kappa shape index (κ2) is 7.16. The number of nitrogens with one attached hydrogen (secondary N) is 1. The Morgan fingerprint density at radius 1 is 1.11 bits per heavy atom. The van der Waals surface area contributed by atoms with E-state index >= 15 is 0 Å². The summed E-state index contributed by atoms with van der Waals surface area (Å²) in [5.74, 6) is -0.813. The Morgan fingerprint density at radius 3 is 2.56 bits per heavy atom. The molecule has 27 heavy (non-hydrogen) atoms. The molecule has 3 aromatic rings. The first kappa shape index (κ1) is 19.1. The van der Waals surface area contributed by atoms with Gasteiger partial charge in [0.25, 0.3) is 10.0 Å². The Bertz CT molecular complexity index is 1050. The molecule has 0 radical (unpaired) electrons. The summed E-state index contributed by atoms with van der Waals surface area (Å²) < 4.78 is 69.2. The fraction of sp³-hybridized carbons (Fsp3) is 0.125. The summed E-state index contributed by atoms with van der Waals surface area (Å²) in [6.45, 7) is 1.56. The molecule has 1 aromatic carbocycles. The molecule has 1 N–H and O–H groups in total. The van der Waals surface area contributed by atoms with Crippen molar-refractivity contribution < 1.29 is 26.3 Å². The largest absolute Gasteiger partial charge is 0.573 e. The standard InChI is InChI=1S/C16H12F3N3O3S2/c1-10-2-3-13(25-16(17,18)19)15(4-10)27(23,24)22-12-5-11(6-20-7-12)14-8-21-9-26-14/h2-9,22H,1H3. The highest BCUT2D eigenvalue weighted by atomic mass is 32.2. The van der Waals surface area contributed by atoms with Gasteiger partial charge in [-0.15, -0.1) is 24.5 Å². The SMILES string of the molecule is Cc1ccc(OC(F)(F)F)c(S(=O)(=O)Nc2cncc(-c3cncs3)c2)c1. The monoisotopic (exact) mass is 415 g/mol. The predicted molar refractivity (Wildman–Crippen MR) is 94.0 cm³/mol. The number of halogens is 3. The molecule has 0 aliphatic rings. The number of alkyl halides is 3. The Labute approximate surface area is 156 Å². The molecule has 2 aromatic heterocycles. The second-order valence-corrected chi connectivity index (χ2v) is 7.97. The van der Waals surface area contributed by atoms with Crippen LogP contribution in [0.2, 0.25) is 0 Å². The van der Waals surface area contributed by atoms with Gasteiger partial charge in [-0.2, -0.15) is 0 Å². The normalized spacial score (nSPS) is 12.0. The average Bonchev–Trinajstić information content (AvgIpc) is 3.09. The number of thiazole rings is 1. The van der Waals surface area contributed by atoms with E-state index < -0.39 is 27.0 Å². The van der Waals surface area contributed by atoms with Crippen LogP contribution in [0.3, 0.4) is 0 Å². The quantitative estimate of drug-likeness (QED) is 0.675. The molecule has 0 aliphatic heterocycles. The minimum absolute atomic E-state index is 0.0976. The van der Waals surface area contributed by atoms with Crippen LogP contribution in [-0.2, 0) is 10.0 Å². The van der Waals surface area contributed by atoms with E-state index in [9.17, 15) is 21.6 Å². The lowest BCUT2D eigenvalue weighted by atomic mass is 10.2. The number of pyridine rings is 1. The van der Waals surface area contributed by atoms with Gasteiger partial charge < -0.3 is 4.74 Å². The summed E-state index contributed by atoms with van der Waals surface area (Å²) in [4.78, 5) is 8.04. The van der Waals surface area contributed by atoms with Gasteiger partial charge in [0, 0.05) is 18.0 Å². The Hall–Kier alpha value is -2.66. The third kappa shape index (κ3) is 4.74. The van der Waals surface area contributed by atoms with Crippen LogP contribution in [-0.4, -0.2) is 24.7 Å². The van der Waals surface area contributed by atoms with Gasteiger partial charge >= 0.3 is 6.36 Å². The van der Waals surface area contributed by atoms with Crippen LogP contribution in [0.25, 0.3) is 10.4 Å². The van der Waals surface area contributed by atoms with Crippen molar-refractivity contribution in [2.75, 3.05) is 4.72 Å². The maximum Gasteiger partial charge on any atom is 0.573 e. The average molecular weight is 415 g/mol. The molecule has 11 heteroatoms. The first-order chi connectivity index (χ1) is 12.6. The van der Waals surface area contributed by atoms with Crippen molar-refractivity contribution in [1.29, 1.82) is 0 Å². The van der Waals surface area contributed by atoms with Crippen molar-refractivity contribution in [2.24, 2.45) is 0 Å². The summed E-state index contributed by atoms with van der Waals surface area (Å²) in [6.07, 6.45) is -0.651. The Morgan fingerprint density at radius 2 is 1.89 bits per heavy atom. The molecule has 0 saturated carbocycles. The van der Waals surface area contributed by atoms with E-state index in [0.717, 1.165) is 17.0 Å². The van der Waals surface area contributed by atoms with Crippen molar-refractivity contribution in [3.63, 3.8) is 0 Å². The number of sulfonamides is 1. The molecule has 0 bridgehead atoms. The zero-order chi connectivity index (χ0) is 19.7. The number of aryl methyl sites for hydroxylation is 1. The third-order valence-electron chi connectivity index (χ3n) is 3.32. The second-order valence-electron chi connectivity index (χ2n) is 5.43. The first-order valence-electron chi connectivity index (χ1n) is 7.37. The fourth-order valence-electron chi connectivity index (χ4n) is 2.23. The summed E-state index contributed by atoms with van der Waals surface area (Å²) in [7, 11) is -4.35. The zero-order valence-electron chi connectivity index (χ0n) is 13.7. The number of aromatic nitrogens is 2. The van der Waals surface area contributed by atoms with Crippen LogP contribution >= 0.6 is 11.3 Å². The van der Waals surface area contributed by atoms with Crippen LogP contribution in [0.4, 0.5) is 18.9 Å². The zero-order valence-corrected chi connectivity index (χ0v) is 15.3. The smallest absolute Gasteiger partial charge is 0.404 e. The van der Waals surface area contributed by atoms with Crippen molar-refractivity contribution in [2.45, 2.75) is 18.2 Å². The highest BCUT2D eigenvalue weighted by Gasteiger charge is 2.34. The minimum atomic E-state index is -5.02. The van der Waals surface area contributed by atoms with E-state index in [1.807, 2.05) is 0 Å². The summed E-state index contributed by atoms with van der Waals surface area (Å²) in [5.41, 5.74) is 2.79. The molecule has 0 unspecified atom stereocenters. The number of anilines is 1. The van der Waals surface area contributed by atoms with E-state index in [2.05, 4.69) is 19.4 Å². The highest BCUT2D eigenvalue weighted by molar-refractivity contribution is 7.92. The van der Waals surface area contributed by atoms with Crippen LogP contribution in [0, 0.1) is 6.92 Å². The fourth-order valence-corrected chi connectivity index (χ4v) is 4.09. The molecular formula is C16H12F3N3O3S2. The van der Waals surface area contributed by atoms with E-state index in [1.54, 1.807) is 18.6 Å².